The van der Waals surface area contributed by atoms with Crippen LogP contribution in [0.4, 0.5) is 0 Å². The van der Waals surface area contributed by atoms with Crippen molar-refractivity contribution < 1.29 is 19.4 Å². The Morgan fingerprint density at radius 2 is 1.92 bits per heavy atom. The van der Waals surface area contributed by atoms with Gasteiger partial charge in [-0.1, -0.05) is 42.5 Å². The molecule has 128 valence electrons. The van der Waals surface area contributed by atoms with Gasteiger partial charge >= 0.3 is 5.97 Å². The highest BCUT2D eigenvalue weighted by Crippen LogP contribution is 2.27. The normalized spacial score (nSPS) is 11.9. The van der Waals surface area contributed by atoms with E-state index in [1.807, 2.05) is 49.4 Å². The predicted octanol–water partition coefficient (Wildman–Crippen LogP) is 4.17. The van der Waals surface area contributed by atoms with E-state index in [1.165, 1.54) is 0 Å². The molecule has 0 spiro atoms. The Hall–Kier alpha value is -2.33. The summed E-state index contributed by atoms with van der Waals surface area (Å²) >= 11 is 0. The van der Waals surface area contributed by atoms with Crippen LogP contribution >= 0.6 is 0 Å². The van der Waals surface area contributed by atoms with Crippen molar-refractivity contribution in [3.05, 3.63) is 65.2 Å². The first-order chi connectivity index (χ1) is 11.6. The summed E-state index contributed by atoms with van der Waals surface area (Å²) < 4.78 is 11.1. The Kier molecular flexibility index (Phi) is 6.82. The molecular formula is C20H24O4. The Morgan fingerprint density at radius 3 is 2.54 bits per heavy atom. The molecule has 0 amide bonds. The Balaban J connectivity index is 2.03. The standard InChI is InChI=1S/C20H24O4/c1-15-12-17(8-10-19(15)23-2)18(9-11-20(21)22)14-24-13-16-6-4-3-5-7-16/h3-8,10,12,18H,9,11,13-14H2,1-2H3,(H,21,22)/t18-/m1/s1. The molecule has 1 N–H and O–H groups in total. The zero-order valence-corrected chi connectivity index (χ0v) is 14.2. The number of carboxylic acids is 1. The van der Waals surface area contributed by atoms with Gasteiger partial charge in [-0.3, -0.25) is 4.79 Å². The predicted molar refractivity (Wildman–Crippen MR) is 93.4 cm³/mol. The van der Waals surface area contributed by atoms with E-state index in [0.717, 1.165) is 22.4 Å². The maximum Gasteiger partial charge on any atom is 0.303 e. The van der Waals surface area contributed by atoms with Crippen molar-refractivity contribution in [1.82, 2.24) is 0 Å². The van der Waals surface area contributed by atoms with E-state index < -0.39 is 5.97 Å². The van der Waals surface area contributed by atoms with Gasteiger partial charge in [0.1, 0.15) is 5.75 Å². The molecule has 0 saturated heterocycles. The van der Waals surface area contributed by atoms with Crippen molar-refractivity contribution >= 4 is 5.97 Å². The number of aryl methyl sites for hydroxylation is 1. The molecular weight excluding hydrogens is 304 g/mol. The van der Waals surface area contributed by atoms with Crippen LogP contribution in [0.15, 0.2) is 48.5 Å². The highest BCUT2D eigenvalue weighted by Gasteiger charge is 2.15. The first-order valence-electron chi connectivity index (χ1n) is 8.08. The van der Waals surface area contributed by atoms with E-state index in [-0.39, 0.29) is 12.3 Å². The van der Waals surface area contributed by atoms with Gasteiger partial charge in [0, 0.05) is 12.3 Å². The van der Waals surface area contributed by atoms with Crippen LogP contribution in [0.2, 0.25) is 0 Å². The maximum absolute atomic E-state index is 10.9. The summed E-state index contributed by atoms with van der Waals surface area (Å²) in [6.07, 6.45) is 0.681. The van der Waals surface area contributed by atoms with Crippen LogP contribution in [0, 0.1) is 6.92 Å². The number of aliphatic carboxylic acids is 1. The molecule has 0 saturated carbocycles. The van der Waals surface area contributed by atoms with Crippen molar-refractivity contribution in [3.8, 4) is 5.75 Å². The average Bonchev–Trinajstić information content (AvgIpc) is 2.58. The van der Waals surface area contributed by atoms with Crippen LogP contribution in [0.5, 0.6) is 5.75 Å². The number of hydrogen-bond donors (Lipinski definition) is 1. The fourth-order valence-corrected chi connectivity index (χ4v) is 2.69. The zero-order chi connectivity index (χ0) is 17.4. The first kappa shape index (κ1) is 18.0. The van der Waals surface area contributed by atoms with E-state index in [9.17, 15) is 4.79 Å². The third-order valence-electron chi connectivity index (χ3n) is 4.03. The van der Waals surface area contributed by atoms with Gasteiger partial charge in [-0.25, -0.2) is 0 Å². The molecule has 0 radical (unpaired) electrons. The zero-order valence-electron chi connectivity index (χ0n) is 14.2. The summed E-state index contributed by atoms with van der Waals surface area (Å²) in [4.78, 5) is 10.9. The molecule has 0 aliphatic heterocycles. The fourth-order valence-electron chi connectivity index (χ4n) is 2.69. The van der Waals surface area contributed by atoms with Gasteiger partial charge in [-0.15, -0.1) is 0 Å². The second-order valence-electron chi connectivity index (χ2n) is 5.86. The maximum atomic E-state index is 10.9. The van der Waals surface area contributed by atoms with Gasteiger partial charge < -0.3 is 14.6 Å². The Bertz CT molecular complexity index is 652. The number of rotatable bonds is 9. The summed E-state index contributed by atoms with van der Waals surface area (Å²) in [5.41, 5.74) is 3.24. The third kappa shape index (κ3) is 5.39. The second-order valence-corrected chi connectivity index (χ2v) is 5.86. The molecule has 0 heterocycles. The van der Waals surface area contributed by atoms with Crippen LogP contribution in [-0.4, -0.2) is 24.8 Å². The topological polar surface area (TPSA) is 55.8 Å². The van der Waals surface area contributed by atoms with Crippen LogP contribution in [0.25, 0.3) is 0 Å². The molecule has 4 nitrogen and oxygen atoms in total. The SMILES string of the molecule is COc1ccc([C@H](CCC(=O)O)COCc2ccccc2)cc1C. The van der Waals surface area contributed by atoms with E-state index in [0.29, 0.717) is 19.6 Å². The summed E-state index contributed by atoms with van der Waals surface area (Å²) in [5.74, 6) is 0.101. The van der Waals surface area contributed by atoms with Crippen LogP contribution in [-0.2, 0) is 16.1 Å². The van der Waals surface area contributed by atoms with Crippen molar-refractivity contribution in [2.45, 2.75) is 32.3 Å². The molecule has 0 aliphatic rings. The minimum atomic E-state index is -0.784. The van der Waals surface area contributed by atoms with Crippen molar-refractivity contribution in [3.63, 3.8) is 0 Å². The van der Waals surface area contributed by atoms with E-state index in [4.69, 9.17) is 14.6 Å². The lowest BCUT2D eigenvalue weighted by Crippen LogP contribution is -2.11. The minimum absolute atomic E-state index is 0.0504. The number of carboxylic acid groups (broad SMARTS) is 1. The highest BCUT2D eigenvalue weighted by molar-refractivity contribution is 5.66. The van der Waals surface area contributed by atoms with Gasteiger partial charge in [0.05, 0.1) is 20.3 Å². The molecule has 0 aliphatic carbocycles. The number of carbonyl (C=O) groups is 1. The monoisotopic (exact) mass is 328 g/mol. The third-order valence-corrected chi connectivity index (χ3v) is 4.03. The van der Waals surface area contributed by atoms with Crippen LogP contribution in [0.1, 0.15) is 35.4 Å². The van der Waals surface area contributed by atoms with Gasteiger partial charge in [-0.2, -0.15) is 0 Å². The molecule has 2 aromatic carbocycles. The number of methoxy groups -OCH3 is 1. The van der Waals surface area contributed by atoms with Crippen molar-refractivity contribution in [2.24, 2.45) is 0 Å². The van der Waals surface area contributed by atoms with Crippen LogP contribution in [0.3, 0.4) is 0 Å². The van der Waals surface area contributed by atoms with E-state index >= 15 is 0 Å². The van der Waals surface area contributed by atoms with Gasteiger partial charge in [0.25, 0.3) is 0 Å². The summed E-state index contributed by atoms with van der Waals surface area (Å²) in [5, 5.41) is 8.99. The molecule has 0 unspecified atom stereocenters. The average molecular weight is 328 g/mol. The molecule has 2 aromatic rings. The quantitative estimate of drug-likeness (QED) is 0.750. The molecule has 4 heteroatoms. The summed E-state index contributed by atoms with van der Waals surface area (Å²) in [6, 6.07) is 15.9. The number of ether oxygens (including phenoxy) is 2. The molecule has 0 bridgehead atoms. The molecule has 24 heavy (non-hydrogen) atoms. The molecule has 1 atom stereocenters. The van der Waals surface area contributed by atoms with E-state index in [1.54, 1.807) is 7.11 Å². The lowest BCUT2D eigenvalue weighted by Gasteiger charge is -2.18. The Labute approximate surface area is 143 Å². The van der Waals surface area contributed by atoms with Crippen molar-refractivity contribution in [2.75, 3.05) is 13.7 Å². The lowest BCUT2D eigenvalue weighted by molar-refractivity contribution is -0.137. The highest BCUT2D eigenvalue weighted by atomic mass is 16.5. The van der Waals surface area contributed by atoms with Crippen molar-refractivity contribution in [1.29, 1.82) is 0 Å². The smallest absolute Gasteiger partial charge is 0.303 e. The largest absolute Gasteiger partial charge is 0.496 e. The lowest BCUT2D eigenvalue weighted by atomic mass is 9.93. The first-order valence-corrected chi connectivity index (χ1v) is 8.08. The van der Waals surface area contributed by atoms with Gasteiger partial charge in [0.15, 0.2) is 0 Å². The second kappa shape index (κ2) is 9.08. The summed E-state index contributed by atoms with van der Waals surface area (Å²) in [7, 11) is 1.65. The molecule has 0 fully saturated rings. The van der Waals surface area contributed by atoms with E-state index in [2.05, 4.69) is 6.07 Å². The van der Waals surface area contributed by atoms with Gasteiger partial charge in [-0.05, 0) is 36.1 Å². The summed E-state index contributed by atoms with van der Waals surface area (Å²) in [6.45, 7) is 3.01. The fraction of sp³-hybridized carbons (Fsp3) is 0.350. The van der Waals surface area contributed by atoms with Gasteiger partial charge in [0.2, 0.25) is 0 Å². The molecule has 0 aromatic heterocycles. The van der Waals surface area contributed by atoms with Crippen LogP contribution < -0.4 is 4.74 Å². The Morgan fingerprint density at radius 1 is 1.17 bits per heavy atom. The molecule has 2 rings (SSSR count). The number of hydrogen-bond acceptors (Lipinski definition) is 3. The minimum Gasteiger partial charge on any atom is -0.496 e. The number of benzene rings is 2.